The van der Waals surface area contributed by atoms with E-state index in [4.69, 9.17) is 9.47 Å². The second kappa shape index (κ2) is 7.29. The van der Waals surface area contributed by atoms with Gasteiger partial charge in [0.2, 0.25) is 0 Å². The lowest BCUT2D eigenvalue weighted by Crippen LogP contribution is -2.31. The molecule has 0 saturated carbocycles. The minimum absolute atomic E-state index is 0.155. The van der Waals surface area contributed by atoms with Crippen LogP contribution in [0.1, 0.15) is 44.5 Å². The van der Waals surface area contributed by atoms with Gasteiger partial charge in [-0.2, -0.15) is 0 Å². The number of carbonyl (C=O) groups is 1. The SMILES string of the molecule is CCOC(=O)c1ccc(NC(C)CC(C)(C)OC)cc1. The van der Waals surface area contributed by atoms with Gasteiger partial charge >= 0.3 is 5.97 Å². The first-order valence-electron chi connectivity index (χ1n) is 6.97. The molecule has 1 atom stereocenters. The molecule has 0 amide bonds. The lowest BCUT2D eigenvalue weighted by Gasteiger charge is -2.27. The first-order valence-corrected chi connectivity index (χ1v) is 6.97. The molecule has 0 radical (unpaired) electrons. The van der Waals surface area contributed by atoms with Crippen LogP contribution in [0.4, 0.5) is 5.69 Å². The molecule has 0 heterocycles. The van der Waals surface area contributed by atoms with Crippen molar-refractivity contribution in [1.82, 2.24) is 0 Å². The highest BCUT2D eigenvalue weighted by Crippen LogP contribution is 2.19. The molecular weight excluding hydrogens is 254 g/mol. The predicted octanol–water partition coefficient (Wildman–Crippen LogP) is 3.48. The molecule has 1 aromatic rings. The van der Waals surface area contributed by atoms with Crippen molar-refractivity contribution in [2.45, 2.75) is 45.8 Å². The van der Waals surface area contributed by atoms with Gasteiger partial charge in [0.05, 0.1) is 17.8 Å². The van der Waals surface area contributed by atoms with Gasteiger partial charge in [0.15, 0.2) is 0 Å². The van der Waals surface area contributed by atoms with Gasteiger partial charge in [-0.05, 0) is 58.4 Å². The van der Waals surface area contributed by atoms with E-state index in [1.165, 1.54) is 0 Å². The summed E-state index contributed by atoms with van der Waals surface area (Å²) in [5, 5.41) is 3.40. The van der Waals surface area contributed by atoms with Gasteiger partial charge in [-0.15, -0.1) is 0 Å². The van der Waals surface area contributed by atoms with E-state index in [1.807, 2.05) is 12.1 Å². The van der Waals surface area contributed by atoms with Gasteiger partial charge in [-0.1, -0.05) is 0 Å². The molecule has 0 spiro atoms. The molecule has 1 aromatic carbocycles. The Morgan fingerprint density at radius 1 is 1.30 bits per heavy atom. The predicted molar refractivity (Wildman–Crippen MR) is 81.2 cm³/mol. The monoisotopic (exact) mass is 279 g/mol. The average molecular weight is 279 g/mol. The second-order valence-corrected chi connectivity index (χ2v) is 5.51. The van der Waals surface area contributed by atoms with Crippen molar-refractivity contribution < 1.29 is 14.3 Å². The van der Waals surface area contributed by atoms with E-state index in [-0.39, 0.29) is 17.6 Å². The van der Waals surface area contributed by atoms with Crippen LogP contribution < -0.4 is 5.32 Å². The van der Waals surface area contributed by atoms with Crippen LogP contribution in [0.2, 0.25) is 0 Å². The fourth-order valence-electron chi connectivity index (χ4n) is 2.07. The van der Waals surface area contributed by atoms with E-state index in [0.717, 1.165) is 12.1 Å². The Bertz CT molecular complexity index is 426. The molecule has 0 bridgehead atoms. The first kappa shape index (κ1) is 16.5. The zero-order valence-electron chi connectivity index (χ0n) is 13.0. The van der Waals surface area contributed by atoms with Crippen molar-refractivity contribution in [1.29, 1.82) is 0 Å². The minimum atomic E-state index is -0.285. The molecule has 20 heavy (non-hydrogen) atoms. The Hall–Kier alpha value is -1.55. The normalized spacial score (nSPS) is 12.8. The van der Waals surface area contributed by atoms with E-state index in [2.05, 4.69) is 26.1 Å². The molecule has 1 rings (SSSR count). The van der Waals surface area contributed by atoms with Crippen LogP contribution in [-0.4, -0.2) is 31.3 Å². The number of nitrogens with one attached hydrogen (secondary N) is 1. The van der Waals surface area contributed by atoms with Crippen LogP contribution in [0.25, 0.3) is 0 Å². The van der Waals surface area contributed by atoms with Crippen LogP contribution in [0, 0.1) is 0 Å². The third kappa shape index (κ3) is 5.21. The summed E-state index contributed by atoms with van der Waals surface area (Å²) in [6, 6.07) is 7.60. The Labute approximate surface area is 121 Å². The smallest absolute Gasteiger partial charge is 0.338 e. The lowest BCUT2D eigenvalue weighted by atomic mass is 9.99. The lowest BCUT2D eigenvalue weighted by molar-refractivity contribution is 0.0128. The Morgan fingerprint density at radius 3 is 2.40 bits per heavy atom. The number of benzene rings is 1. The molecule has 0 fully saturated rings. The van der Waals surface area contributed by atoms with Gasteiger partial charge in [-0.25, -0.2) is 4.79 Å². The van der Waals surface area contributed by atoms with Crippen molar-refractivity contribution in [3.05, 3.63) is 29.8 Å². The van der Waals surface area contributed by atoms with Crippen molar-refractivity contribution in [2.75, 3.05) is 19.0 Å². The third-order valence-corrected chi connectivity index (χ3v) is 3.16. The number of rotatable bonds is 7. The fourth-order valence-corrected chi connectivity index (χ4v) is 2.07. The van der Waals surface area contributed by atoms with Gasteiger partial charge in [0.25, 0.3) is 0 Å². The number of carbonyl (C=O) groups excluding carboxylic acids is 1. The molecule has 0 aliphatic rings. The molecule has 112 valence electrons. The maximum atomic E-state index is 11.5. The third-order valence-electron chi connectivity index (χ3n) is 3.16. The summed E-state index contributed by atoms with van der Waals surface area (Å²) in [7, 11) is 1.72. The highest BCUT2D eigenvalue weighted by atomic mass is 16.5. The van der Waals surface area contributed by atoms with Gasteiger partial charge in [0, 0.05) is 18.8 Å². The standard InChI is InChI=1S/C16H25NO3/c1-6-20-15(18)13-7-9-14(10-8-13)17-12(2)11-16(3,4)19-5/h7-10,12,17H,6,11H2,1-5H3. The molecule has 4 nitrogen and oxygen atoms in total. The maximum Gasteiger partial charge on any atom is 0.338 e. The van der Waals surface area contributed by atoms with Crippen LogP contribution >= 0.6 is 0 Å². The number of anilines is 1. The summed E-state index contributed by atoms with van der Waals surface area (Å²) in [5.74, 6) is -0.285. The number of esters is 1. The number of hydrogen-bond acceptors (Lipinski definition) is 4. The molecule has 0 aliphatic heterocycles. The number of ether oxygens (including phenoxy) is 2. The van der Waals surface area contributed by atoms with Crippen LogP contribution in [0.15, 0.2) is 24.3 Å². The minimum Gasteiger partial charge on any atom is -0.462 e. The summed E-state index contributed by atoms with van der Waals surface area (Å²) >= 11 is 0. The molecule has 1 unspecified atom stereocenters. The Morgan fingerprint density at radius 2 is 1.90 bits per heavy atom. The van der Waals surface area contributed by atoms with Crippen molar-refractivity contribution in [3.63, 3.8) is 0 Å². The van der Waals surface area contributed by atoms with Gasteiger partial charge < -0.3 is 14.8 Å². The zero-order valence-corrected chi connectivity index (χ0v) is 13.0. The van der Waals surface area contributed by atoms with Crippen LogP contribution in [0.5, 0.6) is 0 Å². The molecule has 0 saturated heterocycles. The molecular formula is C16H25NO3. The average Bonchev–Trinajstić information content (AvgIpc) is 2.39. The van der Waals surface area contributed by atoms with Crippen molar-refractivity contribution >= 4 is 11.7 Å². The Balaban J connectivity index is 2.59. The number of hydrogen-bond donors (Lipinski definition) is 1. The summed E-state index contributed by atoms with van der Waals surface area (Å²) in [4.78, 5) is 11.5. The van der Waals surface area contributed by atoms with Gasteiger partial charge in [0.1, 0.15) is 0 Å². The molecule has 0 aliphatic carbocycles. The largest absolute Gasteiger partial charge is 0.462 e. The fraction of sp³-hybridized carbons (Fsp3) is 0.562. The van der Waals surface area contributed by atoms with E-state index in [0.29, 0.717) is 12.2 Å². The van der Waals surface area contributed by atoms with E-state index in [1.54, 1.807) is 26.2 Å². The maximum absolute atomic E-state index is 11.5. The van der Waals surface area contributed by atoms with Gasteiger partial charge in [-0.3, -0.25) is 0 Å². The summed E-state index contributed by atoms with van der Waals surface area (Å²) in [6.45, 7) is 8.43. The summed E-state index contributed by atoms with van der Waals surface area (Å²) in [6.07, 6.45) is 0.892. The van der Waals surface area contributed by atoms with Crippen molar-refractivity contribution in [2.24, 2.45) is 0 Å². The van der Waals surface area contributed by atoms with E-state index < -0.39 is 0 Å². The molecule has 4 heteroatoms. The summed E-state index contributed by atoms with van der Waals surface area (Å²) < 4.78 is 10.4. The number of methoxy groups -OCH3 is 1. The zero-order chi connectivity index (χ0) is 15.2. The van der Waals surface area contributed by atoms with E-state index in [9.17, 15) is 4.79 Å². The van der Waals surface area contributed by atoms with Crippen molar-refractivity contribution in [3.8, 4) is 0 Å². The van der Waals surface area contributed by atoms with Crippen LogP contribution in [0.3, 0.4) is 0 Å². The molecule has 0 aromatic heterocycles. The topological polar surface area (TPSA) is 47.6 Å². The summed E-state index contributed by atoms with van der Waals surface area (Å²) in [5.41, 5.74) is 1.40. The second-order valence-electron chi connectivity index (χ2n) is 5.51. The quantitative estimate of drug-likeness (QED) is 0.776. The van der Waals surface area contributed by atoms with E-state index >= 15 is 0 Å². The Kier molecular flexibility index (Phi) is 6.02. The highest BCUT2D eigenvalue weighted by molar-refractivity contribution is 5.89. The van der Waals surface area contributed by atoms with Crippen LogP contribution in [-0.2, 0) is 9.47 Å². The highest BCUT2D eigenvalue weighted by Gasteiger charge is 2.20. The molecule has 1 N–H and O–H groups in total. The first-order chi connectivity index (χ1) is 9.38.